The minimum Gasteiger partial charge on any atom is -0.481 e. The van der Waals surface area contributed by atoms with Crippen LogP contribution in [0.4, 0.5) is 0 Å². The third-order valence-corrected chi connectivity index (χ3v) is 6.00. The average Bonchev–Trinajstić information content (AvgIpc) is 2.82. The first-order valence-corrected chi connectivity index (χ1v) is 8.34. The lowest BCUT2D eigenvalue weighted by Gasteiger charge is -2.45. The Morgan fingerprint density at radius 2 is 1.90 bits per heavy atom. The fourth-order valence-corrected chi connectivity index (χ4v) is 4.74. The SMILES string of the molecule is CCCC1(C(=O)O)CCN(C2CCN3CCC2C3)CC1. The van der Waals surface area contributed by atoms with Gasteiger partial charge in [0.1, 0.15) is 0 Å². The van der Waals surface area contributed by atoms with E-state index in [2.05, 4.69) is 16.7 Å². The Morgan fingerprint density at radius 1 is 1.20 bits per heavy atom. The number of piperidine rings is 2. The third kappa shape index (κ3) is 2.48. The summed E-state index contributed by atoms with van der Waals surface area (Å²) in [6.07, 6.45) is 6.16. The Hall–Kier alpha value is -0.610. The Morgan fingerprint density at radius 3 is 2.55 bits per heavy atom. The first-order valence-electron chi connectivity index (χ1n) is 8.34. The second kappa shape index (κ2) is 5.64. The second-order valence-electron chi connectivity index (χ2n) is 7.08. The van der Waals surface area contributed by atoms with Gasteiger partial charge in [-0.15, -0.1) is 0 Å². The summed E-state index contributed by atoms with van der Waals surface area (Å²) < 4.78 is 0. The van der Waals surface area contributed by atoms with E-state index in [0.717, 1.165) is 50.7 Å². The highest BCUT2D eigenvalue weighted by atomic mass is 16.4. The van der Waals surface area contributed by atoms with E-state index in [0.29, 0.717) is 0 Å². The van der Waals surface area contributed by atoms with Crippen LogP contribution in [0.1, 0.15) is 45.4 Å². The van der Waals surface area contributed by atoms with E-state index in [1.54, 1.807) is 0 Å². The molecule has 0 amide bonds. The smallest absolute Gasteiger partial charge is 0.309 e. The van der Waals surface area contributed by atoms with E-state index >= 15 is 0 Å². The summed E-state index contributed by atoms with van der Waals surface area (Å²) in [4.78, 5) is 16.9. The lowest BCUT2D eigenvalue weighted by Crippen LogP contribution is -2.52. The van der Waals surface area contributed by atoms with Gasteiger partial charge in [0.05, 0.1) is 5.41 Å². The number of aliphatic carboxylic acids is 1. The number of hydrogen-bond donors (Lipinski definition) is 1. The summed E-state index contributed by atoms with van der Waals surface area (Å²) >= 11 is 0. The summed E-state index contributed by atoms with van der Waals surface area (Å²) in [5.74, 6) is 0.280. The Balaban J connectivity index is 1.61. The molecule has 4 heteroatoms. The van der Waals surface area contributed by atoms with Crippen LogP contribution in [0.3, 0.4) is 0 Å². The van der Waals surface area contributed by atoms with Gasteiger partial charge in [0.15, 0.2) is 0 Å². The van der Waals surface area contributed by atoms with Gasteiger partial charge in [-0.2, -0.15) is 0 Å². The number of hydrogen-bond acceptors (Lipinski definition) is 3. The normalized spacial score (nSPS) is 37.0. The largest absolute Gasteiger partial charge is 0.481 e. The summed E-state index contributed by atoms with van der Waals surface area (Å²) in [5.41, 5.74) is -0.429. The van der Waals surface area contributed by atoms with Gasteiger partial charge in [-0.25, -0.2) is 0 Å². The number of fused-ring (bicyclic) bond motifs is 2. The van der Waals surface area contributed by atoms with Crippen molar-refractivity contribution in [3.8, 4) is 0 Å². The Labute approximate surface area is 122 Å². The van der Waals surface area contributed by atoms with E-state index in [1.165, 1.54) is 32.5 Å². The molecule has 3 unspecified atom stereocenters. The molecule has 0 radical (unpaired) electrons. The highest BCUT2D eigenvalue weighted by Gasteiger charge is 2.44. The third-order valence-electron chi connectivity index (χ3n) is 6.00. The predicted molar refractivity (Wildman–Crippen MR) is 78.7 cm³/mol. The molecular formula is C16H28N2O2. The predicted octanol–water partition coefficient (Wildman–Crippen LogP) is 2.05. The molecule has 1 N–H and O–H groups in total. The average molecular weight is 280 g/mol. The molecule has 3 aliphatic heterocycles. The summed E-state index contributed by atoms with van der Waals surface area (Å²) in [6.45, 7) is 7.90. The van der Waals surface area contributed by atoms with Crippen molar-refractivity contribution >= 4 is 5.97 Å². The van der Waals surface area contributed by atoms with Crippen LogP contribution in [-0.4, -0.2) is 59.6 Å². The van der Waals surface area contributed by atoms with Gasteiger partial charge in [-0.05, 0) is 64.2 Å². The van der Waals surface area contributed by atoms with E-state index in [-0.39, 0.29) is 0 Å². The van der Waals surface area contributed by atoms with Gasteiger partial charge in [0, 0.05) is 12.6 Å². The number of nitrogens with zero attached hydrogens (tertiary/aromatic N) is 2. The van der Waals surface area contributed by atoms with Gasteiger partial charge in [0.25, 0.3) is 0 Å². The van der Waals surface area contributed by atoms with Crippen molar-refractivity contribution in [2.45, 2.75) is 51.5 Å². The van der Waals surface area contributed by atoms with Crippen LogP contribution in [-0.2, 0) is 4.79 Å². The fourth-order valence-electron chi connectivity index (χ4n) is 4.74. The molecule has 0 spiro atoms. The molecule has 3 rings (SSSR count). The molecule has 114 valence electrons. The van der Waals surface area contributed by atoms with Crippen LogP contribution < -0.4 is 0 Å². The van der Waals surface area contributed by atoms with Crippen LogP contribution in [0.2, 0.25) is 0 Å². The number of likely N-dealkylation sites (tertiary alicyclic amines) is 1. The number of rotatable bonds is 4. The maximum Gasteiger partial charge on any atom is 0.309 e. The molecule has 3 fully saturated rings. The van der Waals surface area contributed by atoms with Gasteiger partial charge in [-0.3, -0.25) is 9.69 Å². The molecule has 0 aromatic heterocycles. The Kier molecular flexibility index (Phi) is 4.04. The van der Waals surface area contributed by atoms with Crippen molar-refractivity contribution in [2.24, 2.45) is 11.3 Å². The van der Waals surface area contributed by atoms with Crippen molar-refractivity contribution in [1.82, 2.24) is 9.80 Å². The van der Waals surface area contributed by atoms with E-state index in [1.807, 2.05) is 0 Å². The minimum absolute atomic E-state index is 0.429. The fraction of sp³-hybridized carbons (Fsp3) is 0.938. The lowest BCUT2D eigenvalue weighted by molar-refractivity contribution is -0.153. The molecule has 3 saturated heterocycles. The molecule has 20 heavy (non-hydrogen) atoms. The van der Waals surface area contributed by atoms with Crippen LogP contribution >= 0.6 is 0 Å². The van der Waals surface area contributed by atoms with Crippen LogP contribution in [0, 0.1) is 11.3 Å². The Bertz CT molecular complexity index is 363. The summed E-state index contributed by atoms with van der Waals surface area (Å²) in [7, 11) is 0. The zero-order chi connectivity index (χ0) is 14.2. The van der Waals surface area contributed by atoms with Crippen molar-refractivity contribution in [3.63, 3.8) is 0 Å². The number of carboxylic acids is 1. The topological polar surface area (TPSA) is 43.8 Å². The molecule has 0 aromatic carbocycles. The van der Waals surface area contributed by atoms with Gasteiger partial charge in [0.2, 0.25) is 0 Å². The van der Waals surface area contributed by atoms with Gasteiger partial charge in [-0.1, -0.05) is 13.3 Å². The van der Waals surface area contributed by atoms with Crippen molar-refractivity contribution in [2.75, 3.05) is 32.7 Å². The first-order chi connectivity index (χ1) is 9.64. The summed E-state index contributed by atoms with van der Waals surface area (Å²) in [6, 6.07) is 0.724. The molecule has 3 aliphatic rings. The standard InChI is InChI=1S/C16H28N2O2/c1-2-5-16(15(19)20)6-10-18(11-7-16)14-4-9-17-8-3-13(14)12-17/h13-14H,2-12H2,1H3,(H,19,20). The summed E-state index contributed by atoms with van der Waals surface area (Å²) in [5, 5.41) is 9.60. The maximum atomic E-state index is 11.7. The highest BCUT2D eigenvalue weighted by molar-refractivity contribution is 5.74. The number of carboxylic acid groups (broad SMARTS) is 1. The van der Waals surface area contributed by atoms with Gasteiger partial charge < -0.3 is 10.0 Å². The van der Waals surface area contributed by atoms with Crippen LogP contribution in [0.5, 0.6) is 0 Å². The zero-order valence-electron chi connectivity index (χ0n) is 12.7. The molecule has 0 saturated carbocycles. The quantitative estimate of drug-likeness (QED) is 0.856. The van der Waals surface area contributed by atoms with E-state index in [4.69, 9.17) is 0 Å². The van der Waals surface area contributed by atoms with Crippen LogP contribution in [0.25, 0.3) is 0 Å². The van der Waals surface area contributed by atoms with Gasteiger partial charge >= 0.3 is 5.97 Å². The molecule has 2 bridgehead atoms. The number of carbonyl (C=O) groups is 1. The van der Waals surface area contributed by atoms with E-state index < -0.39 is 11.4 Å². The molecule has 0 aliphatic carbocycles. The van der Waals surface area contributed by atoms with Crippen molar-refractivity contribution in [3.05, 3.63) is 0 Å². The van der Waals surface area contributed by atoms with E-state index in [9.17, 15) is 9.90 Å². The highest BCUT2D eigenvalue weighted by Crippen LogP contribution is 2.39. The first kappa shape index (κ1) is 14.3. The molecular weight excluding hydrogens is 252 g/mol. The molecule has 4 nitrogen and oxygen atoms in total. The lowest BCUT2D eigenvalue weighted by atomic mass is 9.74. The minimum atomic E-state index is -0.560. The molecule has 3 atom stereocenters. The zero-order valence-corrected chi connectivity index (χ0v) is 12.7. The molecule has 0 aromatic rings. The van der Waals surface area contributed by atoms with Crippen molar-refractivity contribution < 1.29 is 9.90 Å². The second-order valence-corrected chi connectivity index (χ2v) is 7.08. The maximum absolute atomic E-state index is 11.7. The van der Waals surface area contributed by atoms with Crippen LogP contribution in [0.15, 0.2) is 0 Å². The van der Waals surface area contributed by atoms with Crippen molar-refractivity contribution in [1.29, 1.82) is 0 Å². The molecule has 3 heterocycles. The monoisotopic (exact) mass is 280 g/mol.